The molecule has 1 aliphatic rings. The van der Waals surface area contributed by atoms with E-state index in [-0.39, 0.29) is 12.0 Å². The van der Waals surface area contributed by atoms with E-state index < -0.39 is 0 Å². The lowest BCUT2D eigenvalue weighted by molar-refractivity contribution is 0.0587. The van der Waals surface area contributed by atoms with Gasteiger partial charge in [0.2, 0.25) is 5.88 Å². The number of benzene rings is 1. The lowest BCUT2D eigenvalue weighted by atomic mass is 10.1. The van der Waals surface area contributed by atoms with Gasteiger partial charge < -0.3 is 14.4 Å². The van der Waals surface area contributed by atoms with Gasteiger partial charge >= 0.3 is 0 Å². The topological polar surface area (TPSA) is 64.5 Å². The van der Waals surface area contributed by atoms with Crippen LogP contribution in [-0.4, -0.2) is 47.1 Å². The van der Waals surface area contributed by atoms with Crippen molar-refractivity contribution in [3.05, 3.63) is 47.9 Å². The second kappa shape index (κ2) is 7.29. The molecule has 0 bridgehead atoms. The summed E-state index contributed by atoms with van der Waals surface area (Å²) >= 11 is 0. The van der Waals surface area contributed by atoms with Crippen molar-refractivity contribution < 1.29 is 14.3 Å². The molecule has 0 aliphatic carbocycles. The number of amides is 1. The number of aryl methyl sites for hydroxylation is 1. The fourth-order valence-electron chi connectivity index (χ4n) is 2.76. The molecule has 1 aliphatic heterocycles. The van der Waals surface area contributed by atoms with E-state index in [0.717, 1.165) is 18.6 Å². The molecular weight excluding hydrogens is 306 g/mol. The molecule has 1 aromatic carbocycles. The van der Waals surface area contributed by atoms with E-state index >= 15 is 0 Å². The van der Waals surface area contributed by atoms with Crippen LogP contribution >= 0.6 is 0 Å². The number of nitrogens with zero attached hydrogens (tertiary/aromatic N) is 3. The molecule has 2 aromatic rings. The summed E-state index contributed by atoms with van der Waals surface area (Å²) in [6, 6.07) is 8.98. The molecule has 24 heavy (non-hydrogen) atoms. The van der Waals surface area contributed by atoms with E-state index in [1.54, 1.807) is 43.6 Å². The van der Waals surface area contributed by atoms with Crippen LogP contribution in [0.3, 0.4) is 0 Å². The molecule has 1 saturated heterocycles. The Morgan fingerprint density at radius 2 is 1.88 bits per heavy atom. The lowest BCUT2D eigenvalue weighted by Crippen LogP contribution is -2.41. The average molecular weight is 327 g/mol. The second-order valence-corrected chi connectivity index (χ2v) is 5.78. The van der Waals surface area contributed by atoms with Crippen molar-refractivity contribution in [2.24, 2.45) is 0 Å². The predicted octanol–water partition coefficient (Wildman–Crippen LogP) is 2.48. The fraction of sp³-hybridized carbons (Fsp3) is 0.389. The SMILES string of the molecule is COc1ccc(C(=O)N2CCC(Oc3ccnc(C)n3)CC2)cc1. The normalized spacial score (nSPS) is 15.2. The van der Waals surface area contributed by atoms with Crippen LogP contribution in [0.4, 0.5) is 0 Å². The van der Waals surface area contributed by atoms with Crippen molar-refractivity contribution in [2.45, 2.75) is 25.9 Å². The summed E-state index contributed by atoms with van der Waals surface area (Å²) in [5.74, 6) is 2.09. The Kier molecular flexibility index (Phi) is 4.93. The monoisotopic (exact) mass is 327 g/mol. The Hall–Kier alpha value is -2.63. The van der Waals surface area contributed by atoms with Crippen LogP contribution in [0.25, 0.3) is 0 Å². The number of ether oxygens (including phenoxy) is 2. The van der Waals surface area contributed by atoms with E-state index in [9.17, 15) is 4.79 Å². The molecule has 126 valence electrons. The molecular formula is C18H21N3O3. The second-order valence-electron chi connectivity index (χ2n) is 5.78. The van der Waals surface area contributed by atoms with E-state index in [0.29, 0.717) is 30.4 Å². The molecule has 2 heterocycles. The Labute approximate surface area is 141 Å². The number of aromatic nitrogens is 2. The molecule has 0 radical (unpaired) electrons. The first-order valence-corrected chi connectivity index (χ1v) is 8.05. The molecule has 1 aromatic heterocycles. The zero-order valence-electron chi connectivity index (χ0n) is 13.9. The molecule has 1 fully saturated rings. The van der Waals surface area contributed by atoms with Crippen LogP contribution in [-0.2, 0) is 0 Å². The van der Waals surface area contributed by atoms with E-state index in [2.05, 4.69) is 9.97 Å². The number of rotatable bonds is 4. The molecule has 6 nitrogen and oxygen atoms in total. The van der Waals surface area contributed by atoms with Gasteiger partial charge in [-0.1, -0.05) is 0 Å². The number of carbonyl (C=O) groups excluding carboxylic acids is 1. The van der Waals surface area contributed by atoms with Crippen LogP contribution in [0.15, 0.2) is 36.5 Å². The number of hydrogen-bond acceptors (Lipinski definition) is 5. The van der Waals surface area contributed by atoms with Crippen LogP contribution in [0, 0.1) is 6.92 Å². The Bertz CT molecular complexity index is 695. The molecule has 0 N–H and O–H groups in total. The van der Waals surface area contributed by atoms with E-state index in [1.807, 2.05) is 11.8 Å². The molecule has 0 unspecified atom stereocenters. The maximum Gasteiger partial charge on any atom is 0.253 e. The minimum absolute atomic E-state index is 0.0500. The van der Waals surface area contributed by atoms with Gasteiger partial charge in [-0.15, -0.1) is 0 Å². The summed E-state index contributed by atoms with van der Waals surface area (Å²) in [6.45, 7) is 3.20. The van der Waals surface area contributed by atoms with Gasteiger partial charge in [-0.2, -0.15) is 4.98 Å². The van der Waals surface area contributed by atoms with Crippen molar-refractivity contribution in [2.75, 3.05) is 20.2 Å². The van der Waals surface area contributed by atoms with Gasteiger partial charge in [0.25, 0.3) is 5.91 Å². The minimum atomic E-state index is 0.0500. The number of piperidine rings is 1. The van der Waals surface area contributed by atoms with Gasteiger partial charge in [-0.3, -0.25) is 4.79 Å². The summed E-state index contributed by atoms with van der Waals surface area (Å²) in [6.07, 6.45) is 3.37. The molecule has 0 spiro atoms. The van der Waals surface area contributed by atoms with Gasteiger partial charge in [0, 0.05) is 43.8 Å². The molecule has 0 atom stereocenters. The van der Waals surface area contributed by atoms with Gasteiger partial charge in [0.05, 0.1) is 7.11 Å². The summed E-state index contributed by atoms with van der Waals surface area (Å²) in [7, 11) is 1.61. The third-order valence-corrected chi connectivity index (χ3v) is 4.10. The first-order chi connectivity index (χ1) is 11.7. The van der Waals surface area contributed by atoms with Crippen molar-refractivity contribution in [3.63, 3.8) is 0 Å². The third-order valence-electron chi connectivity index (χ3n) is 4.10. The molecule has 6 heteroatoms. The largest absolute Gasteiger partial charge is 0.497 e. The summed E-state index contributed by atoms with van der Waals surface area (Å²) in [5.41, 5.74) is 0.682. The van der Waals surface area contributed by atoms with E-state index in [1.165, 1.54) is 0 Å². The highest BCUT2D eigenvalue weighted by atomic mass is 16.5. The highest BCUT2D eigenvalue weighted by Gasteiger charge is 2.25. The van der Waals surface area contributed by atoms with E-state index in [4.69, 9.17) is 9.47 Å². The van der Waals surface area contributed by atoms with Crippen LogP contribution in [0.1, 0.15) is 29.0 Å². The van der Waals surface area contributed by atoms with Crippen molar-refractivity contribution in [1.82, 2.24) is 14.9 Å². The third kappa shape index (κ3) is 3.82. The quantitative estimate of drug-likeness (QED) is 0.863. The molecule has 3 rings (SSSR count). The van der Waals surface area contributed by atoms with Crippen molar-refractivity contribution in [3.8, 4) is 11.6 Å². The maximum atomic E-state index is 12.5. The zero-order valence-corrected chi connectivity index (χ0v) is 13.9. The van der Waals surface area contributed by atoms with Gasteiger partial charge in [-0.25, -0.2) is 4.98 Å². The Morgan fingerprint density at radius 3 is 2.50 bits per heavy atom. The standard InChI is InChI=1S/C18H21N3O3/c1-13-19-10-7-17(20-13)24-16-8-11-21(12-9-16)18(22)14-3-5-15(23-2)6-4-14/h3-7,10,16H,8-9,11-12H2,1-2H3. The maximum absolute atomic E-state index is 12.5. The lowest BCUT2D eigenvalue weighted by Gasteiger charge is -2.32. The molecule has 0 saturated carbocycles. The number of hydrogen-bond donors (Lipinski definition) is 0. The van der Waals surface area contributed by atoms with Gasteiger partial charge in [-0.05, 0) is 31.2 Å². The van der Waals surface area contributed by atoms with Crippen molar-refractivity contribution in [1.29, 1.82) is 0 Å². The van der Waals surface area contributed by atoms with Crippen LogP contribution in [0.5, 0.6) is 11.6 Å². The number of likely N-dealkylation sites (tertiary alicyclic amines) is 1. The molecule has 1 amide bonds. The minimum Gasteiger partial charge on any atom is -0.497 e. The first kappa shape index (κ1) is 16.2. The van der Waals surface area contributed by atoms with Crippen LogP contribution < -0.4 is 9.47 Å². The fourth-order valence-corrected chi connectivity index (χ4v) is 2.76. The highest BCUT2D eigenvalue weighted by molar-refractivity contribution is 5.94. The summed E-state index contributed by atoms with van der Waals surface area (Å²) in [4.78, 5) is 22.7. The van der Waals surface area contributed by atoms with Gasteiger partial charge in [0.15, 0.2) is 0 Å². The predicted molar refractivity (Wildman–Crippen MR) is 89.3 cm³/mol. The van der Waals surface area contributed by atoms with Crippen LogP contribution in [0.2, 0.25) is 0 Å². The average Bonchev–Trinajstić information content (AvgIpc) is 2.62. The van der Waals surface area contributed by atoms with Gasteiger partial charge in [0.1, 0.15) is 17.7 Å². The summed E-state index contributed by atoms with van der Waals surface area (Å²) < 4.78 is 11.0. The Balaban J connectivity index is 1.55. The summed E-state index contributed by atoms with van der Waals surface area (Å²) in [5, 5.41) is 0. The Morgan fingerprint density at radius 1 is 1.17 bits per heavy atom. The number of carbonyl (C=O) groups is 1. The highest BCUT2D eigenvalue weighted by Crippen LogP contribution is 2.19. The van der Waals surface area contributed by atoms with Crippen molar-refractivity contribution >= 4 is 5.91 Å². The zero-order chi connectivity index (χ0) is 16.9. The smallest absolute Gasteiger partial charge is 0.253 e. The number of methoxy groups -OCH3 is 1. The first-order valence-electron chi connectivity index (χ1n) is 8.05.